The maximum absolute atomic E-state index is 11.8. The summed E-state index contributed by atoms with van der Waals surface area (Å²) in [4.78, 5) is 18.6. The molecule has 132 valence electrons. The van der Waals surface area contributed by atoms with Gasteiger partial charge in [-0.15, -0.1) is 0 Å². The van der Waals surface area contributed by atoms with Crippen LogP contribution in [0.4, 0.5) is 0 Å². The average molecular weight is 346 g/mol. The summed E-state index contributed by atoms with van der Waals surface area (Å²) in [6.45, 7) is 2.87. The summed E-state index contributed by atoms with van der Waals surface area (Å²) in [5, 5.41) is 10.8. The third kappa shape index (κ3) is 2.97. The molecule has 2 unspecified atom stereocenters. The first kappa shape index (κ1) is 16.7. The predicted molar refractivity (Wildman–Crippen MR) is 102 cm³/mol. The molecular weight excluding hydrogens is 324 g/mol. The molecule has 2 aromatic carbocycles. The summed E-state index contributed by atoms with van der Waals surface area (Å²) >= 11 is 0. The van der Waals surface area contributed by atoms with Crippen LogP contribution in [-0.4, -0.2) is 33.5 Å². The monoisotopic (exact) mass is 346 g/mol. The molecule has 1 aromatic heterocycles. The highest BCUT2D eigenvalue weighted by Gasteiger charge is 2.37. The Bertz CT molecular complexity index is 954. The van der Waals surface area contributed by atoms with Gasteiger partial charge in [0.1, 0.15) is 6.04 Å². The molecule has 0 bridgehead atoms. The number of aromatic nitrogens is 1. The number of hydrogen-bond acceptors (Lipinski definition) is 3. The number of aliphatic carboxylic acids is 1. The Kier molecular flexibility index (Phi) is 4.43. The number of nitrogens with zero attached hydrogens (tertiary/aromatic N) is 2. The molecule has 4 nitrogen and oxygen atoms in total. The summed E-state index contributed by atoms with van der Waals surface area (Å²) in [5.74, 6) is -0.741. The number of likely N-dealkylation sites (tertiary alicyclic amines) is 1. The van der Waals surface area contributed by atoms with Crippen LogP contribution in [0.2, 0.25) is 0 Å². The fourth-order valence-electron chi connectivity index (χ4n) is 4.04. The lowest BCUT2D eigenvalue weighted by atomic mass is 9.93. The van der Waals surface area contributed by atoms with Crippen molar-refractivity contribution in [2.75, 3.05) is 6.54 Å². The average Bonchev–Trinajstić information content (AvgIpc) is 3.13. The van der Waals surface area contributed by atoms with Gasteiger partial charge in [0.2, 0.25) is 0 Å². The van der Waals surface area contributed by atoms with Crippen molar-refractivity contribution < 1.29 is 9.90 Å². The summed E-state index contributed by atoms with van der Waals surface area (Å²) in [6.07, 6.45) is 3.50. The molecule has 1 N–H and O–H groups in total. The zero-order valence-electron chi connectivity index (χ0n) is 14.8. The Morgan fingerprint density at radius 2 is 1.96 bits per heavy atom. The number of aryl methyl sites for hydroxylation is 1. The number of carbonyl (C=O) groups is 1. The van der Waals surface area contributed by atoms with E-state index in [0.717, 1.165) is 35.0 Å². The lowest BCUT2D eigenvalue weighted by Gasteiger charge is -2.32. The Morgan fingerprint density at radius 3 is 2.77 bits per heavy atom. The molecule has 1 saturated heterocycles. The van der Waals surface area contributed by atoms with E-state index in [1.54, 1.807) is 0 Å². The molecule has 0 amide bonds. The first-order chi connectivity index (χ1) is 12.6. The van der Waals surface area contributed by atoms with Crippen LogP contribution in [0.5, 0.6) is 0 Å². The molecule has 26 heavy (non-hydrogen) atoms. The summed E-state index contributed by atoms with van der Waals surface area (Å²) in [7, 11) is 0. The van der Waals surface area contributed by atoms with Crippen LogP contribution in [0.25, 0.3) is 10.9 Å². The highest BCUT2D eigenvalue weighted by atomic mass is 16.4. The van der Waals surface area contributed by atoms with Crippen LogP contribution in [0.1, 0.15) is 35.6 Å². The first-order valence-electron chi connectivity index (χ1n) is 9.04. The van der Waals surface area contributed by atoms with Crippen LogP contribution < -0.4 is 0 Å². The Labute approximate surface area is 153 Å². The lowest BCUT2D eigenvalue weighted by molar-refractivity contribution is -0.142. The molecule has 0 radical (unpaired) electrons. The maximum Gasteiger partial charge on any atom is 0.320 e. The van der Waals surface area contributed by atoms with Crippen LogP contribution >= 0.6 is 0 Å². The van der Waals surface area contributed by atoms with E-state index in [-0.39, 0.29) is 6.04 Å². The SMILES string of the molecule is Cc1ccccc1C(c1cnc2ccccc2c1)N1CCCC1C(=O)O. The van der Waals surface area contributed by atoms with Gasteiger partial charge in [0.05, 0.1) is 11.6 Å². The van der Waals surface area contributed by atoms with E-state index in [4.69, 9.17) is 0 Å². The molecule has 0 spiro atoms. The fraction of sp³-hybridized carbons (Fsp3) is 0.273. The molecule has 0 aliphatic carbocycles. The largest absolute Gasteiger partial charge is 0.480 e. The lowest BCUT2D eigenvalue weighted by Crippen LogP contribution is -2.39. The van der Waals surface area contributed by atoms with Crippen LogP contribution in [0.15, 0.2) is 60.8 Å². The number of carboxylic acids is 1. The molecule has 1 aliphatic rings. The maximum atomic E-state index is 11.8. The first-order valence-corrected chi connectivity index (χ1v) is 9.04. The van der Waals surface area contributed by atoms with Crippen molar-refractivity contribution >= 4 is 16.9 Å². The normalized spacial score (nSPS) is 18.9. The number of rotatable bonds is 4. The second kappa shape index (κ2) is 6.89. The van der Waals surface area contributed by atoms with Gasteiger partial charge in [-0.3, -0.25) is 14.7 Å². The molecule has 4 heteroatoms. The van der Waals surface area contributed by atoms with Gasteiger partial charge in [-0.25, -0.2) is 0 Å². The highest BCUT2D eigenvalue weighted by Crippen LogP contribution is 2.36. The van der Waals surface area contributed by atoms with Crippen molar-refractivity contribution in [3.63, 3.8) is 0 Å². The van der Waals surface area contributed by atoms with Gasteiger partial charge < -0.3 is 5.11 Å². The van der Waals surface area contributed by atoms with Gasteiger partial charge >= 0.3 is 5.97 Å². The topological polar surface area (TPSA) is 53.4 Å². The molecule has 1 fully saturated rings. The minimum Gasteiger partial charge on any atom is -0.480 e. The van der Waals surface area contributed by atoms with E-state index in [9.17, 15) is 9.90 Å². The van der Waals surface area contributed by atoms with E-state index < -0.39 is 12.0 Å². The number of carboxylic acid groups (broad SMARTS) is 1. The number of pyridine rings is 1. The van der Waals surface area contributed by atoms with Gasteiger partial charge in [-0.1, -0.05) is 42.5 Å². The predicted octanol–water partition coefficient (Wildman–Crippen LogP) is 4.18. The van der Waals surface area contributed by atoms with Crippen LogP contribution in [0, 0.1) is 6.92 Å². The second-order valence-electron chi connectivity index (χ2n) is 6.95. The standard InChI is InChI=1S/C22H22N2O2/c1-15-7-2-4-9-18(15)21(24-12-6-11-20(24)22(25)26)17-13-16-8-3-5-10-19(16)23-14-17/h2-5,7-10,13-14,20-21H,6,11-12H2,1H3,(H,25,26). The number of benzene rings is 2. The Morgan fingerprint density at radius 1 is 1.19 bits per heavy atom. The second-order valence-corrected chi connectivity index (χ2v) is 6.95. The summed E-state index contributed by atoms with van der Waals surface area (Å²) in [6, 6.07) is 17.9. The van der Waals surface area contributed by atoms with Gasteiger partial charge in [0.15, 0.2) is 0 Å². The quantitative estimate of drug-likeness (QED) is 0.770. The highest BCUT2D eigenvalue weighted by molar-refractivity contribution is 5.79. The molecular formula is C22H22N2O2. The van der Waals surface area contributed by atoms with E-state index in [2.05, 4.69) is 41.1 Å². The van der Waals surface area contributed by atoms with Crippen LogP contribution in [0.3, 0.4) is 0 Å². The molecule has 1 aliphatic heterocycles. The van der Waals surface area contributed by atoms with Crippen molar-refractivity contribution in [2.24, 2.45) is 0 Å². The van der Waals surface area contributed by atoms with Gasteiger partial charge in [0, 0.05) is 18.1 Å². The van der Waals surface area contributed by atoms with E-state index in [1.807, 2.05) is 36.5 Å². The molecule has 2 atom stereocenters. The number of para-hydroxylation sites is 1. The third-order valence-electron chi connectivity index (χ3n) is 5.32. The number of fused-ring (bicyclic) bond motifs is 1. The Hall–Kier alpha value is -2.72. The van der Waals surface area contributed by atoms with Crippen molar-refractivity contribution in [3.8, 4) is 0 Å². The van der Waals surface area contributed by atoms with Gasteiger partial charge in [-0.2, -0.15) is 0 Å². The van der Waals surface area contributed by atoms with Gasteiger partial charge in [-0.05, 0) is 48.6 Å². The third-order valence-corrected chi connectivity index (χ3v) is 5.32. The summed E-state index contributed by atoms with van der Waals surface area (Å²) < 4.78 is 0. The van der Waals surface area contributed by atoms with Gasteiger partial charge in [0.25, 0.3) is 0 Å². The minimum absolute atomic E-state index is 0.100. The number of hydrogen-bond donors (Lipinski definition) is 1. The molecule has 0 saturated carbocycles. The fourth-order valence-corrected chi connectivity index (χ4v) is 4.04. The van der Waals surface area contributed by atoms with Crippen LogP contribution in [-0.2, 0) is 4.79 Å². The Balaban J connectivity index is 1.87. The van der Waals surface area contributed by atoms with Crippen molar-refractivity contribution in [2.45, 2.75) is 31.8 Å². The minimum atomic E-state index is -0.741. The molecule has 3 aromatic rings. The molecule has 2 heterocycles. The smallest absolute Gasteiger partial charge is 0.320 e. The molecule has 4 rings (SSSR count). The van der Waals surface area contributed by atoms with E-state index >= 15 is 0 Å². The zero-order valence-corrected chi connectivity index (χ0v) is 14.8. The van der Waals surface area contributed by atoms with E-state index in [1.165, 1.54) is 5.56 Å². The van der Waals surface area contributed by atoms with E-state index in [0.29, 0.717) is 6.42 Å². The van der Waals surface area contributed by atoms with Crippen molar-refractivity contribution in [1.82, 2.24) is 9.88 Å². The van der Waals surface area contributed by atoms with Crippen molar-refractivity contribution in [3.05, 3.63) is 77.5 Å². The summed E-state index contributed by atoms with van der Waals surface area (Å²) in [5.41, 5.74) is 4.32. The van der Waals surface area contributed by atoms with Crippen molar-refractivity contribution in [1.29, 1.82) is 0 Å². The zero-order chi connectivity index (χ0) is 18.1.